The zero-order valence-electron chi connectivity index (χ0n) is 18.8. The van der Waals surface area contributed by atoms with Gasteiger partial charge in [0.2, 0.25) is 0 Å². The molecule has 0 radical (unpaired) electrons. The van der Waals surface area contributed by atoms with Gasteiger partial charge in [0.25, 0.3) is 0 Å². The number of nitrogens with zero attached hydrogens (tertiary/aromatic N) is 2. The maximum absolute atomic E-state index is 9.54. The number of ether oxygens (including phenoxy) is 1. The first-order valence-electron chi connectivity index (χ1n) is 11.0. The van der Waals surface area contributed by atoms with E-state index in [1.165, 1.54) is 27.8 Å². The first-order chi connectivity index (χ1) is 15.1. The third kappa shape index (κ3) is 6.70. The van der Waals surface area contributed by atoms with Crippen LogP contribution in [0.15, 0.2) is 72.8 Å². The van der Waals surface area contributed by atoms with Crippen molar-refractivity contribution in [2.24, 2.45) is 0 Å². The summed E-state index contributed by atoms with van der Waals surface area (Å²) in [5.74, 6) is 0.971. The molecule has 0 aliphatic rings. The quantitative estimate of drug-likeness (QED) is 0.388. The van der Waals surface area contributed by atoms with Crippen molar-refractivity contribution in [2.75, 3.05) is 6.61 Å². The summed E-state index contributed by atoms with van der Waals surface area (Å²) in [5, 5.41) is 9.54. The fraction of sp³-hybridized carbons (Fsp3) is 0.321. The zero-order valence-corrected chi connectivity index (χ0v) is 18.8. The zero-order chi connectivity index (χ0) is 22.1. The van der Waals surface area contributed by atoms with E-state index in [0.717, 1.165) is 25.3 Å². The minimum absolute atomic E-state index is 0.122. The summed E-state index contributed by atoms with van der Waals surface area (Å²) in [6.07, 6.45) is 1.29. The van der Waals surface area contributed by atoms with Crippen molar-refractivity contribution in [1.29, 1.82) is 5.26 Å². The second kappa shape index (κ2) is 11.3. The lowest BCUT2D eigenvalue weighted by molar-refractivity contribution is 0.149. The van der Waals surface area contributed by atoms with Crippen LogP contribution in [-0.2, 0) is 13.1 Å². The molecule has 0 aliphatic heterocycles. The smallest absolute Gasteiger partial charge is 0.125 e. The molecule has 0 fully saturated rings. The molecule has 0 aliphatic carbocycles. The fourth-order valence-corrected chi connectivity index (χ4v) is 4.16. The molecule has 0 N–H and O–H groups in total. The molecule has 0 bridgehead atoms. The van der Waals surface area contributed by atoms with Gasteiger partial charge in [0.05, 0.1) is 19.1 Å². The van der Waals surface area contributed by atoms with Gasteiger partial charge in [-0.25, -0.2) is 0 Å². The highest BCUT2D eigenvalue weighted by atomic mass is 16.5. The van der Waals surface area contributed by atoms with Crippen LogP contribution in [0.3, 0.4) is 0 Å². The average Bonchev–Trinajstić information content (AvgIpc) is 2.76. The Morgan fingerprint density at radius 1 is 0.839 bits per heavy atom. The molecular weight excluding hydrogens is 380 g/mol. The summed E-state index contributed by atoms with van der Waals surface area (Å²) in [7, 11) is 0. The van der Waals surface area contributed by atoms with Crippen molar-refractivity contribution in [3.63, 3.8) is 0 Å². The second-order valence-electron chi connectivity index (χ2n) is 8.26. The van der Waals surface area contributed by atoms with Gasteiger partial charge in [0.1, 0.15) is 5.75 Å². The summed E-state index contributed by atoms with van der Waals surface area (Å²) in [6.45, 7) is 8.52. The highest BCUT2D eigenvalue weighted by Gasteiger charge is 2.20. The van der Waals surface area contributed by atoms with Gasteiger partial charge in [-0.2, -0.15) is 5.26 Å². The van der Waals surface area contributed by atoms with Crippen molar-refractivity contribution in [2.45, 2.75) is 52.7 Å². The number of nitriles is 1. The molecule has 3 heteroatoms. The Kier molecular flexibility index (Phi) is 8.27. The molecular formula is C28H32N2O. The molecule has 3 aromatic rings. The van der Waals surface area contributed by atoms with E-state index < -0.39 is 0 Å². The van der Waals surface area contributed by atoms with Crippen LogP contribution >= 0.6 is 0 Å². The van der Waals surface area contributed by atoms with E-state index in [1.54, 1.807) is 0 Å². The van der Waals surface area contributed by atoms with E-state index in [2.05, 4.69) is 92.4 Å². The maximum atomic E-state index is 9.54. The second-order valence-corrected chi connectivity index (χ2v) is 8.26. The number of benzene rings is 3. The van der Waals surface area contributed by atoms with Crippen molar-refractivity contribution in [1.82, 2.24) is 4.90 Å². The van der Waals surface area contributed by atoms with Crippen LogP contribution in [-0.4, -0.2) is 17.5 Å². The highest BCUT2D eigenvalue weighted by molar-refractivity contribution is 5.42. The topological polar surface area (TPSA) is 36.3 Å². The van der Waals surface area contributed by atoms with Gasteiger partial charge in [0.15, 0.2) is 0 Å². The molecule has 1 atom stereocenters. The average molecular weight is 413 g/mol. The van der Waals surface area contributed by atoms with Gasteiger partial charge in [-0.15, -0.1) is 0 Å². The number of hydrogen-bond acceptors (Lipinski definition) is 3. The Bertz CT molecular complexity index is 928. The van der Waals surface area contributed by atoms with E-state index in [9.17, 15) is 5.26 Å². The first kappa shape index (κ1) is 22.6. The molecule has 0 saturated carbocycles. The molecule has 3 nitrogen and oxygen atoms in total. The van der Waals surface area contributed by atoms with Crippen molar-refractivity contribution < 1.29 is 4.74 Å². The molecule has 0 saturated heterocycles. The van der Waals surface area contributed by atoms with E-state index in [0.29, 0.717) is 13.0 Å². The fourth-order valence-electron chi connectivity index (χ4n) is 4.16. The number of rotatable bonds is 10. The third-order valence-electron chi connectivity index (χ3n) is 5.60. The summed E-state index contributed by atoms with van der Waals surface area (Å²) < 4.78 is 6.21. The highest BCUT2D eigenvalue weighted by Crippen LogP contribution is 2.25. The summed E-state index contributed by atoms with van der Waals surface area (Å²) in [6, 6.07) is 27.8. The normalized spacial score (nSPS) is 11.8. The molecule has 0 spiro atoms. The Hall–Kier alpha value is -3.09. The molecule has 3 aromatic carbocycles. The summed E-state index contributed by atoms with van der Waals surface area (Å²) in [4.78, 5) is 2.41. The lowest BCUT2D eigenvalue weighted by Gasteiger charge is -2.31. The van der Waals surface area contributed by atoms with Gasteiger partial charge in [-0.05, 0) is 49.4 Å². The predicted octanol–water partition coefficient (Wildman–Crippen LogP) is 6.37. The van der Waals surface area contributed by atoms with Crippen molar-refractivity contribution in [3.05, 3.63) is 101 Å². The van der Waals surface area contributed by atoms with E-state index in [-0.39, 0.29) is 6.04 Å². The van der Waals surface area contributed by atoms with Gasteiger partial charge in [-0.3, -0.25) is 4.90 Å². The van der Waals surface area contributed by atoms with Crippen LogP contribution in [0, 0.1) is 32.1 Å². The van der Waals surface area contributed by atoms with Gasteiger partial charge in [0, 0.05) is 19.1 Å². The Morgan fingerprint density at radius 2 is 1.35 bits per heavy atom. The Morgan fingerprint density at radius 3 is 1.84 bits per heavy atom. The van der Waals surface area contributed by atoms with Gasteiger partial charge in [-0.1, -0.05) is 78.4 Å². The van der Waals surface area contributed by atoms with Crippen LogP contribution in [0.5, 0.6) is 5.75 Å². The van der Waals surface area contributed by atoms with Gasteiger partial charge < -0.3 is 4.74 Å². The molecule has 0 aromatic heterocycles. The Labute approximate surface area is 186 Å². The molecule has 3 rings (SSSR count). The van der Waals surface area contributed by atoms with Gasteiger partial charge >= 0.3 is 0 Å². The molecule has 0 amide bonds. The molecule has 160 valence electrons. The molecule has 0 unspecified atom stereocenters. The number of aryl methyl sites for hydroxylation is 3. The summed E-state index contributed by atoms with van der Waals surface area (Å²) >= 11 is 0. The van der Waals surface area contributed by atoms with Crippen LogP contribution in [0.1, 0.15) is 40.7 Å². The van der Waals surface area contributed by atoms with Crippen LogP contribution < -0.4 is 4.74 Å². The minimum atomic E-state index is 0.122. The predicted molar refractivity (Wildman–Crippen MR) is 127 cm³/mol. The van der Waals surface area contributed by atoms with Crippen molar-refractivity contribution >= 4 is 0 Å². The van der Waals surface area contributed by atoms with E-state index >= 15 is 0 Å². The molecule has 31 heavy (non-hydrogen) atoms. The minimum Gasteiger partial charge on any atom is -0.493 e. The van der Waals surface area contributed by atoms with E-state index in [4.69, 9.17) is 4.74 Å². The monoisotopic (exact) mass is 412 g/mol. The number of hydrogen-bond donors (Lipinski definition) is 0. The maximum Gasteiger partial charge on any atom is 0.125 e. The SMILES string of the molecule is Cc1cc(C)c(OCC[C@H](CC#N)N(Cc2ccccc2)Cc2ccccc2)c(C)c1. The van der Waals surface area contributed by atoms with Crippen LogP contribution in [0.2, 0.25) is 0 Å². The van der Waals surface area contributed by atoms with Crippen LogP contribution in [0.25, 0.3) is 0 Å². The standard InChI is InChI=1S/C28H32N2O/c1-22-18-23(2)28(24(3)19-22)31-17-15-27(14-16-29)30(20-25-10-6-4-7-11-25)21-26-12-8-5-9-13-26/h4-13,18-19,27H,14-15,17,20-21H2,1-3H3/t27-/m0/s1. The van der Waals surface area contributed by atoms with E-state index in [1.807, 2.05) is 12.1 Å². The Balaban J connectivity index is 1.74. The molecule has 0 heterocycles. The third-order valence-corrected chi connectivity index (χ3v) is 5.60. The van der Waals surface area contributed by atoms with Crippen molar-refractivity contribution in [3.8, 4) is 11.8 Å². The lowest BCUT2D eigenvalue weighted by atomic mass is 10.1. The largest absolute Gasteiger partial charge is 0.493 e. The summed E-state index contributed by atoms with van der Waals surface area (Å²) in [5.41, 5.74) is 6.10. The first-order valence-corrected chi connectivity index (χ1v) is 11.0. The van der Waals surface area contributed by atoms with Crippen LogP contribution in [0.4, 0.5) is 0 Å². The lowest BCUT2D eigenvalue weighted by Crippen LogP contribution is -2.35.